The number of hydrogen-bond donors (Lipinski definition) is 1. The van der Waals surface area contributed by atoms with Gasteiger partial charge in [0.1, 0.15) is 11.9 Å². The van der Waals surface area contributed by atoms with E-state index >= 15 is 0 Å². The van der Waals surface area contributed by atoms with Crippen LogP contribution in [0.25, 0.3) is 10.9 Å². The molecule has 4 heteroatoms. The van der Waals surface area contributed by atoms with E-state index in [0.717, 1.165) is 15.4 Å². The van der Waals surface area contributed by atoms with Crippen molar-refractivity contribution >= 4 is 32.7 Å². The SMILES string of the molecule is N#Cc1cc2cc(Br)ccc2nc1N. The lowest BCUT2D eigenvalue weighted by Crippen LogP contribution is -1.94. The molecule has 2 aromatic rings. The van der Waals surface area contributed by atoms with E-state index in [2.05, 4.69) is 20.9 Å². The predicted molar refractivity (Wildman–Crippen MR) is 58.6 cm³/mol. The van der Waals surface area contributed by atoms with Crippen molar-refractivity contribution in [3.8, 4) is 6.07 Å². The Morgan fingerprint density at radius 3 is 2.86 bits per heavy atom. The van der Waals surface area contributed by atoms with Crippen molar-refractivity contribution in [3.63, 3.8) is 0 Å². The standard InChI is InChI=1S/C10H6BrN3/c11-8-1-2-9-6(4-8)3-7(5-12)10(13)14-9/h1-4H,(H2,13,14). The monoisotopic (exact) mass is 247 g/mol. The van der Waals surface area contributed by atoms with E-state index in [1.54, 1.807) is 6.07 Å². The Kier molecular flexibility index (Phi) is 2.10. The lowest BCUT2D eigenvalue weighted by molar-refractivity contribution is 1.37. The van der Waals surface area contributed by atoms with Crippen LogP contribution in [0.5, 0.6) is 0 Å². The molecule has 2 rings (SSSR count). The first kappa shape index (κ1) is 8.97. The quantitative estimate of drug-likeness (QED) is 0.778. The number of rotatable bonds is 0. The van der Waals surface area contributed by atoms with Crippen molar-refractivity contribution in [2.24, 2.45) is 0 Å². The largest absolute Gasteiger partial charge is 0.383 e. The molecule has 0 unspecified atom stereocenters. The van der Waals surface area contributed by atoms with Crippen LogP contribution in [-0.2, 0) is 0 Å². The summed E-state index contributed by atoms with van der Waals surface area (Å²) in [7, 11) is 0. The zero-order valence-electron chi connectivity index (χ0n) is 7.16. The molecule has 0 atom stereocenters. The number of hydrogen-bond acceptors (Lipinski definition) is 3. The van der Waals surface area contributed by atoms with Crippen LogP contribution >= 0.6 is 15.9 Å². The number of halogens is 1. The predicted octanol–water partition coefficient (Wildman–Crippen LogP) is 2.45. The molecule has 0 spiro atoms. The number of benzene rings is 1. The Morgan fingerprint density at radius 2 is 2.14 bits per heavy atom. The van der Waals surface area contributed by atoms with E-state index in [1.807, 2.05) is 24.3 Å². The molecule has 0 aliphatic rings. The summed E-state index contributed by atoms with van der Waals surface area (Å²) in [5.41, 5.74) is 6.80. The molecule has 0 aliphatic carbocycles. The number of nitrogens with two attached hydrogens (primary N) is 1. The molecule has 0 amide bonds. The first-order valence-electron chi connectivity index (χ1n) is 3.96. The summed E-state index contributed by atoms with van der Waals surface area (Å²) in [6.45, 7) is 0. The summed E-state index contributed by atoms with van der Waals surface area (Å²) in [4.78, 5) is 4.12. The summed E-state index contributed by atoms with van der Waals surface area (Å²) in [6, 6.07) is 9.40. The molecular weight excluding hydrogens is 242 g/mol. The van der Waals surface area contributed by atoms with Crippen LogP contribution in [0.2, 0.25) is 0 Å². The maximum absolute atomic E-state index is 8.77. The second-order valence-corrected chi connectivity index (χ2v) is 3.79. The van der Waals surface area contributed by atoms with Crippen LogP contribution in [-0.4, -0.2) is 4.98 Å². The highest BCUT2D eigenvalue weighted by Gasteiger charge is 2.02. The molecule has 0 saturated carbocycles. The number of anilines is 1. The highest BCUT2D eigenvalue weighted by Crippen LogP contribution is 2.21. The highest BCUT2D eigenvalue weighted by molar-refractivity contribution is 9.10. The van der Waals surface area contributed by atoms with Gasteiger partial charge in [-0.25, -0.2) is 4.98 Å². The fraction of sp³-hybridized carbons (Fsp3) is 0. The lowest BCUT2D eigenvalue weighted by Gasteiger charge is -2.01. The molecule has 14 heavy (non-hydrogen) atoms. The van der Waals surface area contributed by atoms with Crippen molar-refractivity contribution in [2.75, 3.05) is 5.73 Å². The second-order valence-electron chi connectivity index (χ2n) is 2.87. The van der Waals surface area contributed by atoms with Gasteiger partial charge in [0.25, 0.3) is 0 Å². The van der Waals surface area contributed by atoms with Gasteiger partial charge in [-0.15, -0.1) is 0 Å². The Bertz CT molecular complexity index is 543. The van der Waals surface area contributed by atoms with Crippen LogP contribution in [0.4, 0.5) is 5.82 Å². The zero-order chi connectivity index (χ0) is 10.1. The van der Waals surface area contributed by atoms with Gasteiger partial charge in [-0.1, -0.05) is 15.9 Å². The smallest absolute Gasteiger partial charge is 0.142 e. The van der Waals surface area contributed by atoms with E-state index in [9.17, 15) is 0 Å². The Hall–Kier alpha value is -1.60. The molecule has 0 bridgehead atoms. The summed E-state index contributed by atoms with van der Waals surface area (Å²) in [6.07, 6.45) is 0. The number of nitrogens with zero attached hydrogens (tertiary/aromatic N) is 2. The van der Waals surface area contributed by atoms with Gasteiger partial charge in [0.05, 0.1) is 11.1 Å². The minimum absolute atomic E-state index is 0.280. The van der Waals surface area contributed by atoms with Gasteiger partial charge in [0.2, 0.25) is 0 Å². The summed E-state index contributed by atoms with van der Waals surface area (Å²) < 4.78 is 0.959. The average Bonchev–Trinajstić information content (AvgIpc) is 2.17. The maximum Gasteiger partial charge on any atom is 0.142 e. The average molecular weight is 248 g/mol. The third-order valence-corrected chi connectivity index (χ3v) is 2.42. The van der Waals surface area contributed by atoms with E-state index in [-0.39, 0.29) is 5.82 Å². The molecule has 68 valence electrons. The maximum atomic E-state index is 8.77. The van der Waals surface area contributed by atoms with E-state index in [4.69, 9.17) is 11.0 Å². The van der Waals surface area contributed by atoms with Crippen LogP contribution < -0.4 is 5.73 Å². The highest BCUT2D eigenvalue weighted by atomic mass is 79.9. The number of fused-ring (bicyclic) bond motifs is 1. The fourth-order valence-corrected chi connectivity index (χ4v) is 1.63. The van der Waals surface area contributed by atoms with Crippen LogP contribution in [0.3, 0.4) is 0 Å². The first-order chi connectivity index (χ1) is 6.70. The third-order valence-electron chi connectivity index (χ3n) is 1.93. The fourth-order valence-electron chi connectivity index (χ4n) is 1.25. The molecule has 0 radical (unpaired) electrons. The molecule has 1 heterocycles. The van der Waals surface area contributed by atoms with Crippen molar-refractivity contribution in [1.29, 1.82) is 5.26 Å². The van der Waals surface area contributed by atoms with Gasteiger partial charge in [-0.3, -0.25) is 0 Å². The minimum atomic E-state index is 0.280. The van der Waals surface area contributed by atoms with Crippen molar-refractivity contribution in [1.82, 2.24) is 4.98 Å². The minimum Gasteiger partial charge on any atom is -0.383 e. The van der Waals surface area contributed by atoms with Crippen LogP contribution in [0.1, 0.15) is 5.56 Å². The van der Waals surface area contributed by atoms with Gasteiger partial charge in [0.15, 0.2) is 0 Å². The van der Waals surface area contributed by atoms with E-state index in [1.165, 1.54) is 0 Å². The Morgan fingerprint density at radius 1 is 1.36 bits per heavy atom. The molecule has 0 aliphatic heterocycles. The van der Waals surface area contributed by atoms with Gasteiger partial charge >= 0.3 is 0 Å². The van der Waals surface area contributed by atoms with Crippen molar-refractivity contribution in [3.05, 3.63) is 34.3 Å². The first-order valence-corrected chi connectivity index (χ1v) is 4.76. The van der Waals surface area contributed by atoms with Crippen LogP contribution in [0.15, 0.2) is 28.7 Å². The lowest BCUT2D eigenvalue weighted by atomic mass is 10.1. The normalized spacial score (nSPS) is 10.0. The molecular formula is C10H6BrN3. The number of nitrogen functional groups attached to an aromatic ring is 1. The topological polar surface area (TPSA) is 62.7 Å². The molecule has 1 aromatic heterocycles. The molecule has 2 N–H and O–H groups in total. The number of pyridine rings is 1. The second kappa shape index (κ2) is 3.28. The van der Waals surface area contributed by atoms with Gasteiger partial charge < -0.3 is 5.73 Å². The van der Waals surface area contributed by atoms with Crippen molar-refractivity contribution < 1.29 is 0 Å². The Balaban J connectivity index is 2.82. The van der Waals surface area contributed by atoms with Gasteiger partial charge in [-0.2, -0.15) is 5.26 Å². The zero-order valence-corrected chi connectivity index (χ0v) is 8.75. The van der Waals surface area contributed by atoms with E-state index < -0.39 is 0 Å². The van der Waals surface area contributed by atoms with E-state index in [0.29, 0.717) is 5.56 Å². The van der Waals surface area contributed by atoms with Crippen LogP contribution in [0, 0.1) is 11.3 Å². The third kappa shape index (κ3) is 1.42. The van der Waals surface area contributed by atoms with Gasteiger partial charge in [-0.05, 0) is 24.3 Å². The molecule has 0 fully saturated rings. The Labute approximate surface area is 89.3 Å². The van der Waals surface area contributed by atoms with Gasteiger partial charge in [0, 0.05) is 9.86 Å². The summed E-state index contributed by atoms with van der Waals surface area (Å²) >= 11 is 3.36. The molecule has 0 saturated heterocycles. The summed E-state index contributed by atoms with van der Waals surface area (Å²) in [5, 5.41) is 9.67. The summed E-state index contributed by atoms with van der Waals surface area (Å²) in [5.74, 6) is 0.280. The molecule has 3 nitrogen and oxygen atoms in total. The van der Waals surface area contributed by atoms with Crippen molar-refractivity contribution in [2.45, 2.75) is 0 Å². The molecule has 1 aromatic carbocycles. The number of nitriles is 1. The number of aromatic nitrogens is 1.